The van der Waals surface area contributed by atoms with E-state index in [1.54, 1.807) is 0 Å². The molecule has 1 aliphatic rings. The van der Waals surface area contributed by atoms with Crippen LogP contribution in [0, 0.1) is 0 Å². The van der Waals surface area contributed by atoms with E-state index in [-0.39, 0.29) is 5.41 Å². The molecular formula is C63H41NOS. The van der Waals surface area contributed by atoms with Gasteiger partial charge in [-0.05, 0) is 137 Å². The molecule has 0 saturated heterocycles. The molecule has 3 heteroatoms. The maximum Gasteiger partial charge on any atom is 0.137 e. The third-order valence-electron chi connectivity index (χ3n) is 14.5. The second kappa shape index (κ2) is 14.0. The molecule has 0 bridgehead atoms. The van der Waals surface area contributed by atoms with Crippen molar-refractivity contribution < 1.29 is 4.42 Å². The number of nitrogens with zero attached hydrogens (tertiary/aromatic N) is 1. The van der Waals surface area contributed by atoms with Crippen LogP contribution in [0.5, 0.6) is 0 Å². The van der Waals surface area contributed by atoms with E-state index in [2.05, 4.69) is 225 Å². The van der Waals surface area contributed by atoms with E-state index in [1.807, 2.05) is 17.4 Å². The van der Waals surface area contributed by atoms with Gasteiger partial charge in [0.1, 0.15) is 11.2 Å². The minimum atomic E-state index is -0.164. The first-order chi connectivity index (χ1) is 32.5. The second-order valence-corrected chi connectivity index (χ2v) is 19.5. The third kappa shape index (κ3) is 5.41. The van der Waals surface area contributed by atoms with E-state index in [0.717, 1.165) is 39.0 Å². The molecule has 310 valence electrons. The van der Waals surface area contributed by atoms with E-state index in [9.17, 15) is 0 Å². The molecule has 13 aromatic rings. The number of anilines is 3. The summed E-state index contributed by atoms with van der Waals surface area (Å²) in [6, 6.07) is 78.9. The van der Waals surface area contributed by atoms with Crippen LogP contribution < -0.4 is 4.90 Å². The normalized spacial score (nSPS) is 13.1. The number of thiophene rings is 1. The van der Waals surface area contributed by atoms with Gasteiger partial charge < -0.3 is 9.32 Å². The van der Waals surface area contributed by atoms with Crippen molar-refractivity contribution >= 4 is 124 Å². The number of rotatable bonds is 3. The molecule has 0 fully saturated rings. The maximum absolute atomic E-state index is 6.59. The third-order valence-corrected chi connectivity index (χ3v) is 15.6. The highest BCUT2D eigenvalue weighted by atomic mass is 32.1. The highest BCUT2D eigenvalue weighted by Gasteiger charge is 2.36. The fraction of sp³-hybridized carbons (Fsp3) is 0.0476. The molecule has 0 N–H and O–H groups in total. The molecular weight excluding hydrogens is 819 g/mol. The molecule has 0 unspecified atom stereocenters. The molecule has 66 heavy (non-hydrogen) atoms. The predicted molar refractivity (Wildman–Crippen MR) is 284 cm³/mol. The van der Waals surface area contributed by atoms with Crippen LogP contribution in [0.2, 0.25) is 0 Å². The zero-order valence-electron chi connectivity index (χ0n) is 36.5. The van der Waals surface area contributed by atoms with E-state index in [4.69, 9.17) is 4.42 Å². The van der Waals surface area contributed by atoms with Gasteiger partial charge in [0.15, 0.2) is 0 Å². The molecule has 0 aliphatic heterocycles. The predicted octanol–water partition coefficient (Wildman–Crippen LogP) is 18.6. The average Bonchev–Trinajstić information content (AvgIpc) is 4.00. The first-order valence-corrected chi connectivity index (χ1v) is 23.6. The summed E-state index contributed by atoms with van der Waals surface area (Å²) in [5, 5.41) is 17.0. The van der Waals surface area contributed by atoms with Gasteiger partial charge in [0, 0.05) is 59.5 Å². The molecule has 1 aliphatic carbocycles. The highest BCUT2D eigenvalue weighted by molar-refractivity contribution is 7.25. The largest absolute Gasteiger partial charge is 0.456 e. The Bertz CT molecular complexity index is 4280. The minimum absolute atomic E-state index is 0.164. The summed E-state index contributed by atoms with van der Waals surface area (Å²) in [4.78, 5) is 2.44. The lowest BCUT2D eigenvalue weighted by atomic mass is 9.82. The fourth-order valence-electron chi connectivity index (χ4n) is 11.3. The molecule has 11 aromatic carbocycles. The van der Waals surface area contributed by atoms with Gasteiger partial charge in [-0.15, -0.1) is 11.3 Å². The highest BCUT2D eigenvalue weighted by Crippen LogP contribution is 2.51. The SMILES string of the molecule is CC1(C)c2ccccc2-c2ccc(N(c3ccc4c(c3)oc3ccccc34)c3ccc4c(c3)c3ccccc3c3ccccc3c3ccccc3c3cc5sc6ccccc6c5cc43)cc21. The summed E-state index contributed by atoms with van der Waals surface area (Å²) >= 11 is 1.88. The lowest BCUT2D eigenvalue weighted by Gasteiger charge is -2.28. The van der Waals surface area contributed by atoms with Gasteiger partial charge in [-0.3, -0.25) is 0 Å². The Morgan fingerprint density at radius 2 is 0.788 bits per heavy atom. The summed E-state index contributed by atoms with van der Waals surface area (Å²) in [7, 11) is 0. The van der Waals surface area contributed by atoms with Crippen molar-refractivity contribution in [3.63, 3.8) is 0 Å². The summed E-state index contributed by atoms with van der Waals surface area (Å²) in [6.07, 6.45) is 0. The first kappa shape index (κ1) is 37.4. The van der Waals surface area contributed by atoms with Crippen LogP contribution in [0.25, 0.3) is 107 Å². The second-order valence-electron chi connectivity index (χ2n) is 18.4. The number of para-hydroxylation sites is 1. The van der Waals surface area contributed by atoms with Crippen molar-refractivity contribution in [3.05, 3.63) is 223 Å². The first-order valence-electron chi connectivity index (χ1n) is 22.8. The van der Waals surface area contributed by atoms with Crippen molar-refractivity contribution in [2.45, 2.75) is 19.3 Å². The Morgan fingerprint density at radius 1 is 0.318 bits per heavy atom. The van der Waals surface area contributed by atoms with Gasteiger partial charge in [0.25, 0.3) is 0 Å². The number of hydrogen-bond acceptors (Lipinski definition) is 3. The summed E-state index contributed by atoms with van der Waals surface area (Å²) in [5.74, 6) is 0. The van der Waals surface area contributed by atoms with Gasteiger partial charge in [0.05, 0.1) is 0 Å². The van der Waals surface area contributed by atoms with Crippen LogP contribution in [0.1, 0.15) is 25.0 Å². The topological polar surface area (TPSA) is 16.4 Å². The van der Waals surface area contributed by atoms with Crippen LogP contribution in [-0.4, -0.2) is 0 Å². The fourth-order valence-corrected chi connectivity index (χ4v) is 12.5. The van der Waals surface area contributed by atoms with Gasteiger partial charge in [-0.2, -0.15) is 0 Å². The summed E-state index contributed by atoms with van der Waals surface area (Å²) in [5.41, 5.74) is 10.1. The molecule has 0 atom stereocenters. The molecule has 0 spiro atoms. The van der Waals surface area contributed by atoms with Crippen LogP contribution in [0.4, 0.5) is 17.1 Å². The molecule has 0 radical (unpaired) electrons. The van der Waals surface area contributed by atoms with Crippen molar-refractivity contribution in [1.82, 2.24) is 0 Å². The van der Waals surface area contributed by atoms with E-state index >= 15 is 0 Å². The van der Waals surface area contributed by atoms with E-state index in [0.29, 0.717) is 0 Å². The van der Waals surface area contributed by atoms with Crippen molar-refractivity contribution in [3.8, 4) is 11.1 Å². The molecule has 14 rings (SSSR count). The van der Waals surface area contributed by atoms with Crippen molar-refractivity contribution in [2.24, 2.45) is 0 Å². The maximum atomic E-state index is 6.59. The van der Waals surface area contributed by atoms with Crippen molar-refractivity contribution in [2.75, 3.05) is 4.90 Å². The Balaban J connectivity index is 1.13. The smallest absolute Gasteiger partial charge is 0.137 e. The van der Waals surface area contributed by atoms with Crippen molar-refractivity contribution in [1.29, 1.82) is 0 Å². The number of hydrogen-bond donors (Lipinski definition) is 0. The number of furan rings is 1. The Hall–Kier alpha value is -7.98. The monoisotopic (exact) mass is 859 g/mol. The Morgan fingerprint density at radius 3 is 1.50 bits per heavy atom. The quantitative estimate of drug-likeness (QED) is 0.176. The molecule has 2 aromatic heterocycles. The Labute approximate surface area is 385 Å². The summed E-state index contributed by atoms with van der Waals surface area (Å²) < 4.78 is 9.19. The van der Waals surface area contributed by atoms with Crippen LogP contribution >= 0.6 is 11.3 Å². The van der Waals surface area contributed by atoms with E-state index < -0.39 is 0 Å². The summed E-state index contributed by atoms with van der Waals surface area (Å²) in [6.45, 7) is 4.72. The lowest BCUT2D eigenvalue weighted by Crippen LogP contribution is -2.16. The van der Waals surface area contributed by atoms with E-state index in [1.165, 1.54) is 96.3 Å². The van der Waals surface area contributed by atoms with Crippen LogP contribution in [0.15, 0.2) is 217 Å². The lowest BCUT2D eigenvalue weighted by molar-refractivity contribution is 0.660. The average molecular weight is 860 g/mol. The zero-order chi connectivity index (χ0) is 43.7. The van der Waals surface area contributed by atoms with Gasteiger partial charge in [-0.1, -0.05) is 159 Å². The number of benzene rings is 10. The number of fused-ring (bicyclic) bond motifs is 19. The standard InChI is InChI=1S/C63H41NOS/c1-63(2)57-24-12-9-21-48(57)49-31-28-39(34-58(49)63)64(40-29-32-51-50-22-10-13-25-59(50)65-60(51)35-40)38-27-30-47-53(33-38)45-19-7-5-17-43(45)41-15-3-4-16-42(41)44-18-6-8-20-46(44)55-37-62-56(36-54(47)55)52-23-11-14-26-61(52)66-62/h3-37H,1-2H3. The molecule has 2 nitrogen and oxygen atoms in total. The van der Waals surface area contributed by atoms with Gasteiger partial charge in [-0.25, -0.2) is 0 Å². The van der Waals surface area contributed by atoms with Gasteiger partial charge >= 0.3 is 0 Å². The minimum Gasteiger partial charge on any atom is -0.456 e. The van der Waals surface area contributed by atoms with Crippen LogP contribution in [0.3, 0.4) is 0 Å². The zero-order valence-corrected chi connectivity index (χ0v) is 37.3. The Kier molecular flexibility index (Phi) is 7.94. The molecule has 0 saturated carbocycles. The van der Waals surface area contributed by atoms with Gasteiger partial charge in [0.2, 0.25) is 0 Å². The molecule has 2 heterocycles. The molecule has 0 amide bonds. The van der Waals surface area contributed by atoms with Crippen LogP contribution in [-0.2, 0) is 5.41 Å².